The maximum absolute atomic E-state index is 4.73. The zero-order valence-corrected chi connectivity index (χ0v) is 104. The average molecular weight is 2740 g/mol. The molecule has 4 radical (unpaired) electrons. The van der Waals surface area contributed by atoms with Crippen LogP contribution in [0.5, 0.6) is 0 Å². The van der Waals surface area contributed by atoms with Gasteiger partial charge in [0, 0.05) is 130 Å². The van der Waals surface area contributed by atoms with Crippen molar-refractivity contribution in [2.75, 3.05) is 0 Å². The van der Waals surface area contributed by atoms with Crippen molar-refractivity contribution in [3.05, 3.63) is 483 Å². The topological polar surface area (TPSA) is 103 Å². The fourth-order valence-corrected chi connectivity index (χ4v) is 24.4. The summed E-state index contributed by atoms with van der Waals surface area (Å²) in [6, 6.07) is 145. The normalized spacial score (nSPS) is 11.1. The molecule has 8 heterocycles. The van der Waals surface area contributed by atoms with Crippen molar-refractivity contribution in [1.29, 1.82) is 0 Å². The third-order valence-electron chi connectivity index (χ3n) is 25.1. The summed E-state index contributed by atoms with van der Waals surface area (Å²) in [5.74, 6) is 0. The first kappa shape index (κ1) is 119. The van der Waals surface area contributed by atoms with Crippen LogP contribution in [0.2, 0.25) is 78.6 Å². The van der Waals surface area contributed by atoms with E-state index >= 15 is 0 Å². The van der Waals surface area contributed by atoms with Crippen LogP contribution in [0.15, 0.2) is 401 Å². The zero-order valence-electron chi connectivity index (χ0n) is 90.0. The van der Waals surface area contributed by atoms with Crippen LogP contribution in [0.3, 0.4) is 0 Å². The molecular formula is C134H132Ir4N8Si4-8. The number of aryl methyl sites for hydroxylation is 4. The van der Waals surface area contributed by atoms with Crippen molar-refractivity contribution in [3.8, 4) is 101 Å². The van der Waals surface area contributed by atoms with E-state index in [4.69, 9.17) is 15.0 Å². The second kappa shape index (κ2) is 55.0. The molecule has 0 aliphatic carbocycles. The van der Waals surface area contributed by atoms with Crippen LogP contribution in [0.1, 0.15) is 74.9 Å². The van der Waals surface area contributed by atoms with E-state index in [1.54, 1.807) is 0 Å². The van der Waals surface area contributed by atoms with Crippen molar-refractivity contribution in [2.45, 2.75) is 159 Å². The SMILES string of the molecule is CC(C)(C)c1cc(-c2[c-]cccc2)ncc1[Si](C)(C)C.Cc1cc(-c2[c-]ccc(-c3ccccc3)c2)ncc1[Si](C)(C)C.Cc1cc[c-]c(-c2cc(C(C)(C)C)c([Si](C)(C)C)cn2)c1.Cc1cc[c-]c(-c2cc(C)c([Si](C)(C)C)cn2)c1.[Ir].[Ir].[Ir].[Ir].[c-]1ccccc1-c1nccc2ccccc12.[c-]1ccccc1-c1nccc2ccccc12.[c-]1ccccc1-c1nccc2ccccc12.[c-]1ccccc1-c1nccc2ccccc12. The summed E-state index contributed by atoms with van der Waals surface area (Å²) in [7, 11) is -5.40. The molecule has 8 aromatic heterocycles. The van der Waals surface area contributed by atoms with Gasteiger partial charge in [-0.25, -0.2) is 0 Å². The molecule has 0 atom stereocenters. The Morgan fingerprint density at radius 2 is 0.453 bits per heavy atom. The van der Waals surface area contributed by atoms with Crippen LogP contribution >= 0.6 is 0 Å². The van der Waals surface area contributed by atoms with E-state index in [0.29, 0.717) is 0 Å². The number of rotatable bonds is 13. The van der Waals surface area contributed by atoms with Gasteiger partial charge in [0.2, 0.25) is 0 Å². The largest absolute Gasteiger partial charge is 0.305 e. The third kappa shape index (κ3) is 32.8. The molecule has 16 heteroatoms. The molecule has 0 bridgehead atoms. The monoisotopic (exact) mass is 2740 g/mol. The van der Waals surface area contributed by atoms with Gasteiger partial charge in [0.15, 0.2) is 0 Å². The van der Waals surface area contributed by atoms with Gasteiger partial charge in [0.1, 0.15) is 0 Å². The number of nitrogens with zero attached hydrogens (tertiary/aromatic N) is 8. The van der Waals surface area contributed by atoms with Crippen molar-refractivity contribution in [1.82, 2.24) is 39.9 Å². The number of benzene rings is 13. The molecule has 768 valence electrons. The summed E-state index contributed by atoms with van der Waals surface area (Å²) >= 11 is 0. The van der Waals surface area contributed by atoms with Crippen LogP contribution in [0.25, 0.3) is 144 Å². The first-order chi connectivity index (χ1) is 69.9. The Balaban J connectivity index is 0.000000175. The minimum Gasteiger partial charge on any atom is -0.305 e. The number of aromatic nitrogens is 8. The molecule has 0 saturated heterocycles. The Hall–Kier alpha value is -12.4. The van der Waals surface area contributed by atoms with Crippen LogP contribution < -0.4 is 20.7 Å². The predicted molar refractivity (Wildman–Crippen MR) is 632 cm³/mol. The van der Waals surface area contributed by atoms with Gasteiger partial charge in [0.25, 0.3) is 0 Å². The van der Waals surface area contributed by atoms with Gasteiger partial charge in [-0.05, 0) is 175 Å². The Labute approximate surface area is 950 Å². The van der Waals surface area contributed by atoms with Crippen molar-refractivity contribution >= 4 is 96.1 Å². The molecule has 0 aliphatic rings. The minimum absolute atomic E-state index is 0. The molecule has 150 heavy (non-hydrogen) atoms. The maximum atomic E-state index is 4.73. The van der Waals surface area contributed by atoms with Gasteiger partial charge in [-0.15, -0.1) is 286 Å². The molecule has 0 fully saturated rings. The summed E-state index contributed by atoms with van der Waals surface area (Å²) in [6.45, 7) is 50.8. The van der Waals surface area contributed by atoms with Crippen LogP contribution in [-0.4, -0.2) is 72.2 Å². The second-order valence-corrected chi connectivity index (χ2v) is 63.0. The summed E-state index contributed by atoms with van der Waals surface area (Å²) in [5.41, 5.74) is 27.3. The summed E-state index contributed by atoms with van der Waals surface area (Å²) in [5, 5.41) is 15.3. The van der Waals surface area contributed by atoms with E-state index in [-0.39, 0.29) is 91.3 Å². The molecule has 0 N–H and O–H groups in total. The molecule has 0 amide bonds. The maximum Gasteiger partial charge on any atom is 0.0799 e. The van der Waals surface area contributed by atoms with Gasteiger partial charge in [-0.3, -0.25) is 0 Å². The van der Waals surface area contributed by atoms with Gasteiger partial charge < -0.3 is 39.9 Å². The summed E-state index contributed by atoms with van der Waals surface area (Å²) < 4.78 is 0. The average Bonchev–Trinajstić information content (AvgIpc) is 0.778. The van der Waals surface area contributed by atoms with Crippen molar-refractivity contribution in [3.63, 3.8) is 0 Å². The zero-order chi connectivity index (χ0) is 104. The molecule has 21 aromatic rings. The standard InChI is InChI=1S/C21H22NSi.C19H26NSi.C18H24NSi.C16H20NSi.4C15H10N.4Ir/c1-16-13-20(22-15-21(16)23(2,3)4)19-12-8-11-18(14-19)17-9-6-5-7-10-17;1-14-9-8-10-15(11-14)17-12-16(19(2,3)4)18(13-20-17)21(5,6)7;1-18(2,3)15-12-16(14-10-8-7-9-11-14)19-13-17(15)20(4,5)6;1-12-7-6-8-14(9-12)15-10-13(2)16(11-17-15)18(3,4)5;4*1-2-7-13(8-3-1)15-14-9-5-4-6-12(14)10-11-16-15;;;;/h5-11,13-15H,1-4H3;8-9,11-13H,1-7H3;7-10,12-13H,1-6H3;6-7,9-11H,1-5H3;4*1-7,9-11H;;;;/q8*-1;;;;. The molecule has 0 aliphatic heterocycles. The molecular weight excluding hydrogens is 2600 g/mol. The quantitative estimate of drug-likeness (QED) is 0.0831. The van der Waals surface area contributed by atoms with Crippen molar-refractivity contribution < 1.29 is 80.4 Å². The molecule has 8 nitrogen and oxygen atoms in total. The molecule has 0 spiro atoms. The molecule has 13 aromatic carbocycles. The second-order valence-electron chi connectivity index (χ2n) is 42.8. The first-order valence-electron chi connectivity index (χ1n) is 50.1. The van der Waals surface area contributed by atoms with Gasteiger partial charge in [-0.1, -0.05) is 297 Å². The van der Waals surface area contributed by atoms with E-state index in [9.17, 15) is 0 Å². The van der Waals surface area contributed by atoms with E-state index in [1.165, 1.54) is 108 Å². The smallest absolute Gasteiger partial charge is 0.0799 e. The molecule has 0 saturated carbocycles. The number of fused-ring (bicyclic) bond motifs is 4. The number of hydrogen-bond acceptors (Lipinski definition) is 8. The predicted octanol–water partition coefficient (Wildman–Crippen LogP) is 32.7. The molecule has 21 rings (SSSR count). The Morgan fingerprint density at radius 3 is 0.727 bits per heavy atom. The Morgan fingerprint density at radius 1 is 0.207 bits per heavy atom. The summed E-state index contributed by atoms with van der Waals surface area (Å²) in [4.78, 5) is 36.5. The number of pyridine rings is 8. The van der Waals surface area contributed by atoms with Crippen LogP contribution in [0.4, 0.5) is 0 Å². The fraction of sp³-hybridized carbons (Fsp3) is 0.179. The first-order valence-corrected chi connectivity index (χ1v) is 64.1. The van der Waals surface area contributed by atoms with Crippen LogP contribution in [0, 0.1) is 76.2 Å². The molecule has 0 unspecified atom stereocenters. The Kier molecular flexibility index (Phi) is 43.8. The van der Waals surface area contributed by atoms with E-state index in [2.05, 4.69) is 386 Å². The fourth-order valence-electron chi connectivity index (χ4n) is 17.6. The van der Waals surface area contributed by atoms with Gasteiger partial charge in [0.05, 0.1) is 32.3 Å². The third-order valence-corrected chi connectivity index (χ3v) is 33.4. The minimum atomic E-state index is -1.40. The van der Waals surface area contributed by atoms with Gasteiger partial charge >= 0.3 is 0 Å². The van der Waals surface area contributed by atoms with Gasteiger partial charge in [-0.2, -0.15) is 0 Å². The van der Waals surface area contributed by atoms with E-state index in [0.717, 1.165) is 90.1 Å². The Bertz CT molecular complexity index is 7420. The van der Waals surface area contributed by atoms with Crippen LogP contribution in [-0.2, 0) is 91.3 Å². The van der Waals surface area contributed by atoms with E-state index < -0.39 is 32.3 Å². The number of hydrogen-bond donors (Lipinski definition) is 0. The summed E-state index contributed by atoms with van der Waals surface area (Å²) in [6.07, 6.45) is 15.7. The van der Waals surface area contributed by atoms with E-state index in [1.807, 2.05) is 237 Å². The van der Waals surface area contributed by atoms with Crippen molar-refractivity contribution in [2.24, 2.45) is 0 Å².